The van der Waals surface area contributed by atoms with Gasteiger partial charge in [-0.1, -0.05) is 12.1 Å². The Morgan fingerprint density at radius 2 is 1.91 bits per heavy atom. The quantitative estimate of drug-likeness (QED) is 0.399. The summed E-state index contributed by atoms with van der Waals surface area (Å²) in [5.74, 6) is -0.501. The van der Waals surface area contributed by atoms with E-state index in [-0.39, 0.29) is 17.1 Å². The monoisotopic (exact) mass is 296 g/mol. The van der Waals surface area contributed by atoms with Gasteiger partial charge in [0.05, 0.1) is 12.7 Å². The predicted octanol–water partition coefficient (Wildman–Crippen LogP) is 2.59. The minimum absolute atomic E-state index is 0.0623. The van der Waals surface area contributed by atoms with Gasteiger partial charge in [0.15, 0.2) is 0 Å². The summed E-state index contributed by atoms with van der Waals surface area (Å²) in [6.45, 7) is 0. The highest BCUT2D eigenvalue weighted by Crippen LogP contribution is 2.31. The number of rotatable bonds is 2. The Balaban J connectivity index is 2.09. The molecule has 1 N–H and O–H groups in total. The van der Waals surface area contributed by atoms with E-state index in [1.54, 1.807) is 30.3 Å². The molecule has 0 aliphatic carbocycles. The molecule has 0 amide bonds. The van der Waals surface area contributed by atoms with E-state index < -0.39 is 11.8 Å². The Hall–Kier alpha value is -3.08. The molecule has 22 heavy (non-hydrogen) atoms. The van der Waals surface area contributed by atoms with Gasteiger partial charge in [0.2, 0.25) is 5.78 Å². The number of benzene rings is 2. The van der Waals surface area contributed by atoms with E-state index in [2.05, 4.69) is 0 Å². The predicted molar refractivity (Wildman–Crippen MR) is 79.0 cm³/mol. The summed E-state index contributed by atoms with van der Waals surface area (Å²) >= 11 is 0. The van der Waals surface area contributed by atoms with Crippen LogP contribution in [0.5, 0.6) is 17.2 Å². The first-order valence-corrected chi connectivity index (χ1v) is 6.55. The van der Waals surface area contributed by atoms with Gasteiger partial charge >= 0.3 is 5.97 Å². The summed E-state index contributed by atoms with van der Waals surface area (Å²) in [5.41, 5.74) is 0.483. The molecule has 0 saturated heterocycles. The molecule has 3 rings (SSSR count). The summed E-state index contributed by atoms with van der Waals surface area (Å²) in [4.78, 5) is 24.4. The zero-order valence-electron chi connectivity index (χ0n) is 11.7. The van der Waals surface area contributed by atoms with E-state index in [1.165, 1.54) is 25.3 Å². The van der Waals surface area contributed by atoms with Gasteiger partial charge in [0, 0.05) is 5.56 Å². The van der Waals surface area contributed by atoms with Crippen molar-refractivity contribution in [3.63, 3.8) is 0 Å². The maximum atomic E-state index is 12.4. The Kier molecular flexibility index (Phi) is 3.39. The van der Waals surface area contributed by atoms with E-state index in [0.717, 1.165) is 0 Å². The molecule has 2 aromatic carbocycles. The minimum atomic E-state index is -0.745. The number of phenolic OH excluding ortho intramolecular Hbond substituents is 1. The number of Topliss-reactive ketones (excluding diaryl/α,β-unsaturated/α-hetero) is 1. The van der Waals surface area contributed by atoms with Gasteiger partial charge in [0.25, 0.3) is 0 Å². The summed E-state index contributed by atoms with van der Waals surface area (Å²) in [5, 5.41) is 9.87. The highest BCUT2D eigenvalue weighted by molar-refractivity contribution is 6.30. The van der Waals surface area contributed by atoms with Gasteiger partial charge in [-0.3, -0.25) is 4.79 Å². The zero-order valence-corrected chi connectivity index (χ0v) is 11.7. The summed E-state index contributed by atoms with van der Waals surface area (Å²) in [6, 6.07) is 11.1. The van der Waals surface area contributed by atoms with Crippen LogP contribution in [0.4, 0.5) is 0 Å². The minimum Gasteiger partial charge on any atom is -0.507 e. The van der Waals surface area contributed by atoms with E-state index in [0.29, 0.717) is 16.9 Å². The molecule has 0 atom stereocenters. The van der Waals surface area contributed by atoms with Gasteiger partial charge in [0.1, 0.15) is 22.8 Å². The van der Waals surface area contributed by atoms with E-state index in [1.807, 2.05) is 0 Å². The number of carbonyl (C=O) groups is 2. The number of methoxy groups -OCH3 is 1. The molecule has 0 aromatic heterocycles. The fourth-order valence-corrected chi connectivity index (χ4v) is 2.19. The van der Waals surface area contributed by atoms with Crippen molar-refractivity contribution in [3.05, 3.63) is 59.2 Å². The average molecular weight is 296 g/mol. The van der Waals surface area contributed by atoms with Gasteiger partial charge < -0.3 is 14.6 Å². The second kappa shape index (κ2) is 5.37. The number of esters is 1. The first-order valence-electron chi connectivity index (χ1n) is 6.55. The van der Waals surface area contributed by atoms with Crippen LogP contribution in [0.25, 0.3) is 6.08 Å². The molecule has 5 heteroatoms. The van der Waals surface area contributed by atoms with Crippen LogP contribution in [0, 0.1) is 0 Å². The highest BCUT2D eigenvalue weighted by Gasteiger charge is 2.30. The summed E-state index contributed by atoms with van der Waals surface area (Å²) in [7, 11) is 1.49. The standard InChI is InChI=1S/C17H12O5/c1-21-11-6-7-14(18)10(8-11)9-13-16(19)12-4-2-3-5-15(12)22-17(13)20/h2-9,18H,1H3/b13-9-. The van der Waals surface area contributed by atoms with Crippen molar-refractivity contribution in [3.8, 4) is 17.2 Å². The summed E-state index contributed by atoms with van der Waals surface area (Å²) in [6.07, 6.45) is 1.30. The second-order valence-corrected chi connectivity index (χ2v) is 4.70. The fraction of sp³-hybridized carbons (Fsp3) is 0.0588. The lowest BCUT2D eigenvalue weighted by atomic mass is 9.97. The number of hydrogen-bond acceptors (Lipinski definition) is 5. The van der Waals surface area contributed by atoms with E-state index >= 15 is 0 Å². The maximum absolute atomic E-state index is 12.4. The number of carbonyl (C=O) groups excluding carboxylic acids is 2. The smallest absolute Gasteiger partial charge is 0.347 e. The van der Waals surface area contributed by atoms with Crippen LogP contribution < -0.4 is 9.47 Å². The molecule has 110 valence electrons. The van der Waals surface area contributed by atoms with Crippen LogP contribution in [-0.2, 0) is 4.79 Å². The number of ether oxygens (including phenoxy) is 2. The topological polar surface area (TPSA) is 72.8 Å². The molecule has 0 radical (unpaired) electrons. The molecule has 0 spiro atoms. The SMILES string of the molecule is COc1ccc(O)c(/C=C2\C(=O)Oc3ccccc3C2=O)c1. The number of hydrogen-bond donors (Lipinski definition) is 1. The van der Waals surface area contributed by atoms with Crippen LogP contribution in [0.3, 0.4) is 0 Å². The molecule has 1 aliphatic rings. The molecule has 1 aliphatic heterocycles. The molecule has 2 aromatic rings. The lowest BCUT2D eigenvalue weighted by Gasteiger charge is -2.16. The fourth-order valence-electron chi connectivity index (χ4n) is 2.19. The van der Waals surface area contributed by atoms with Crippen LogP contribution in [0.15, 0.2) is 48.0 Å². The van der Waals surface area contributed by atoms with Crippen molar-refractivity contribution in [2.24, 2.45) is 0 Å². The lowest BCUT2D eigenvalue weighted by molar-refractivity contribution is -0.130. The molecule has 0 saturated carbocycles. The number of ketones is 1. The van der Waals surface area contributed by atoms with Crippen LogP contribution in [0.2, 0.25) is 0 Å². The van der Waals surface area contributed by atoms with Crippen molar-refractivity contribution in [1.29, 1.82) is 0 Å². The Morgan fingerprint density at radius 3 is 2.68 bits per heavy atom. The lowest BCUT2D eigenvalue weighted by Crippen LogP contribution is -2.24. The Labute approximate surface area is 126 Å². The van der Waals surface area contributed by atoms with Crippen molar-refractivity contribution >= 4 is 17.8 Å². The van der Waals surface area contributed by atoms with E-state index in [4.69, 9.17) is 9.47 Å². The third-order valence-corrected chi connectivity index (χ3v) is 3.33. The van der Waals surface area contributed by atoms with E-state index in [9.17, 15) is 14.7 Å². The zero-order chi connectivity index (χ0) is 15.7. The third-order valence-electron chi connectivity index (χ3n) is 3.33. The number of fused-ring (bicyclic) bond motifs is 1. The number of para-hydroxylation sites is 1. The molecular formula is C17H12O5. The largest absolute Gasteiger partial charge is 0.507 e. The second-order valence-electron chi connectivity index (χ2n) is 4.70. The van der Waals surface area contributed by atoms with Gasteiger partial charge in [-0.05, 0) is 36.4 Å². The first-order chi connectivity index (χ1) is 10.6. The number of phenols is 1. The van der Waals surface area contributed by atoms with Crippen molar-refractivity contribution in [1.82, 2.24) is 0 Å². The molecule has 1 heterocycles. The van der Waals surface area contributed by atoms with Crippen LogP contribution >= 0.6 is 0 Å². The highest BCUT2D eigenvalue weighted by atomic mass is 16.5. The third kappa shape index (κ3) is 2.33. The van der Waals surface area contributed by atoms with Crippen molar-refractivity contribution in [2.45, 2.75) is 0 Å². The molecule has 0 bridgehead atoms. The van der Waals surface area contributed by atoms with Crippen LogP contribution in [-0.4, -0.2) is 24.0 Å². The molecule has 0 fully saturated rings. The molecule has 5 nitrogen and oxygen atoms in total. The Morgan fingerprint density at radius 1 is 1.14 bits per heavy atom. The van der Waals surface area contributed by atoms with Gasteiger partial charge in [-0.15, -0.1) is 0 Å². The van der Waals surface area contributed by atoms with Crippen molar-refractivity contribution in [2.75, 3.05) is 7.11 Å². The normalized spacial score (nSPS) is 15.4. The van der Waals surface area contributed by atoms with Crippen LogP contribution in [0.1, 0.15) is 15.9 Å². The van der Waals surface area contributed by atoms with Gasteiger partial charge in [-0.2, -0.15) is 0 Å². The van der Waals surface area contributed by atoms with Gasteiger partial charge in [-0.25, -0.2) is 4.79 Å². The maximum Gasteiger partial charge on any atom is 0.347 e. The summed E-state index contributed by atoms with van der Waals surface area (Å²) < 4.78 is 10.2. The number of aromatic hydroxyl groups is 1. The Bertz CT molecular complexity index is 804. The van der Waals surface area contributed by atoms with Crippen molar-refractivity contribution < 1.29 is 24.2 Å². The average Bonchev–Trinajstić information content (AvgIpc) is 2.53. The molecule has 0 unspecified atom stereocenters. The molecular weight excluding hydrogens is 284 g/mol. The first kappa shape index (κ1) is 13.9.